The summed E-state index contributed by atoms with van der Waals surface area (Å²) in [6.07, 6.45) is 5.24. The molecule has 1 rings (SSSR count). The fourth-order valence-corrected chi connectivity index (χ4v) is 1.73. The zero-order valence-electron chi connectivity index (χ0n) is 9.29. The number of rotatable bonds is 5. The summed E-state index contributed by atoms with van der Waals surface area (Å²) in [5.74, 6) is 0.644. The van der Waals surface area contributed by atoms with Crippen molar-refractivity contribution >= 4 is 13.3 Å². The van der Waals surface area contributed by atoms with Gasteiger partial charge >= 0.3 is 0 Å². The molecule has 0 aromatic heterocycles. The van der Waals surface area contributed by atoms with Gasteiger partial charge in [-0.25, -0.2) is 0 Å². The summed E-state index contributed by atoms with van der Waals surface area (Å²) in [6.45, 7) is 4.52. The Hall–Kier alpha value is -0.715. The third-order valence-corrected chi connectivity index (χ3v) is 2.72. The molecule has 1 atom stereocenters. The minimum atomic E-state index is 0.644. The van der Waals surface area contributed by atoms with Gasteiger partial charge in [0.15, 0.2) is 0 Å². The van der Waals surface area contributed by atoms with Crippen molar-refractivity contribution in [3.63, 3.8) is 0 Å². The summed E-state index contributed by atoms with van der Waals surface area (Å²) in [7, 11) is 5.75. The van der Waals surface area contributed by atoms with E-state index in [1.54, 1.807) is 0 Å². The van der Waals surface area contributed by atoms with Gasteiger partial charge in [-0.2, -0.15) is 0 Å². The van der Waals surface area contributed by atoms with Crippen molar-refractivity contribution in [3.05, 3.63) is 29.8 Å². The van der Waals surface area contributed by atoms with Crippen LogP contribution in [0.15, 0.2) is 24.3 Å². The van der Waals surface area contributed by atoms with Crippen LogP contribution in [0, 0.1) is 0 Å². The van der Waals surface area contributed by atoms with E-state index in [1.807, 2.05) is 12.1 Å². The summed E-state index contributed by atoms with van der Waals surface area (Å²) in [4.78, 5) is 0. The number of unbranched alkanes of at least 4 members (excludes halogenated alkanes) is 2. The Kier molecular flexibility index (Phi) is 4.79. The molecule has 0 amide bonds. The quantitative estimate of drug-likeness (QED) is 0.489. The van der Waals surface area contributed by atoms with E-state index in [9.17, 15) is 0 Å². The van der Waals surface area contributed by atoms with E-state index in [2.05, 4.69) is 26.0 Å². The normalized spacial score (nSPS) is 12.7. The second-order valence-corrected chi connectivity index (χ2v) is 4.07. The standard InChI is InChI=1S/C13H19B/c1-3-4-5-7-11(2)12-8-6-9-13(14)10-12/h6,8-11H,3-5,7H2,1-2H3. The molecule has 2 radical (unpaired) electrons. The summed E-state index contributed by atoms with van der Waals surface area (Å²) >= 11 is 0. The molecule has 1 aromatic carbocycles. The first-order chi connectivity index (χ1) is 6.74. The van der Waals surface area contributed by atoms with Crippen LogP contribution in [0.25, 0.3) is 0 Å². The Morgan fingerprint density at radius 3 is 2.71 bits per heavy atom. The lowest BCUT2D eigenvalue weighted by Gasteiger charge is -2.12. The van der Waals surface area contributed by atoms with E-state index >= 15 is 0 Å². The van der Waals surface area contributed by atoms with Crippen LogP contribution in [0.3, 0.4) is 0 Å². The highest BCUT2D eigenvalue weighted by Gasteiger charge is 2.04. The van der Waals surface area contributed by atoms with Gasteiger partial charge in [0.05, 0.1) is 0 Å². The minimum Gasteiger partial charge on any atom is -0.0964 e. The van der Waals surface area contributed by atoms with Crippen LogP contribution >= 0.6 is 0 Å². The number of benzene rings is 1. The zero-order chi connectivity index (χ0) is 10.4. The zero-order valence-corrected chi connectivity index (χ0v) is 9.29. The Labute approximate surface area is 89.1 Å². The summed E-state index contributed by atoms with van der Waals surface area (Å²) in [5, 5.41) is 0. The lowest BCUT2D eigenvalue weighted by Crippen LogP contribution is -2.04. The molecule has 14 heavy (non-hydrogen) atoms. The Morgan fingerprint density at radius 2 is 2.07 bits per heavy atom. The predicted octanol–water partition coefficient (Wildman–Crippen LogP) is 3.16. The van der Waals surface area contributed by atoms with Gasteiger partial charge in [0.1, 0.15) is 7.85 Å². The van der Waals surface area contributed by atoms with Crippen molar-refractivity contribution in [2.75, 3.05) is 0 Å². The number of hydrogen-bond donors (Lipinski definition) is 0. The molecule has 0 saturated carbocycles. The monoisotopic (exact) mass is 186 g/mol. The van der Waals surface area contributed by atoms with E-state index in [4.69, 9.17) is 7.85 Å². The predicted molar refractivity (Wildman–Crippen MR) is 64.4 cm³/mol. The molecule has 1 aromatic rings. The van der Waals surface area contributed by atoms with E-state index in [-0.39, 0.29) is 0 Å². The maximum Gasteiger partial charge on any atom is 0.113 e. The van der Waals surface area contributed by atoms with Crippen molar-refractivity contribution in [2.45, 2.75) is 45.4 Å². The van der Waals surface area contributed by atoms with Gasteiger partial charge < -0.3 is 0 Å². The highest BCUT2D eigenvalue weighted by atomic mass is 14.1. The molecule has 0 aliphatic rings. The van der Waals surface area contributed by atoms with Crippen LogP contribution in [-0.4, -0.2) is 7.85 Å². The Bertz CT molecular complexity index is 268. The number of hydrogen-bond acceptors (Lipinski definition) is 0. The molecule has 0 nitrogen and oxygen atoms in total. The summed E-state index contributed by atoms with van der Waals surface area (Å²) in [6, 6.07) is 8.26. The molecule has 0 fully saturated rings. The molecule has 74 valence electrons. The highest BCUT2D eigenvalue weighted by molar-refractivity contribution is 6.32. The first kappa shape index (κ1) is 11.4. The molecule has 1 unspecified atom stereocenters. The second kappa shape index (κ2) is 5.90. The molecule has 0 N–H and O–H groups in total. The maximum atomic E-state index is 5.75. The molecule has 0 saturated heterocycles. The molecule has 0 aliphatic heterocycles. The third kappa shape index (κ3) is 3.57. The molecular weight excluding hydrogens is 167 g/mol. The van der Waals surface area contributed by atoms with Crippen molar-refractivity contribution in [2.24, 2.45) is 0 Å². The fraction of sp³-hybridized carbons (Fsp3) is 0.538. The molecule has 0 aliphatic carbocycles. The van der Waals surface area contributed by atoms with Crippen molar-refractivity contribution in [1.82, 2.24) is 0 Å². The summed E-state index contributed by atoms with van der Waals surface area (Å²) in [5.41, 5.74) is 2.26. The minimum absolute atomic E-state index is 0.644. The van der Waals surface area contributed by atoms with Crippen molar-refractivity contribution < 1.29 is 0 Å². The molecule has 0 bridgehead atoms. The smallest absolute Gasteiger partial charge is 0.0964 e. The van der Waals surface area contributed by atoms with Gasteiger partial charge in [0, 0.05) is 0 Å². The molecule has 0 spiro atoms. The lowest BCUT2D eigenvalue weighted by atomic mass is 9.88. The van der Waals surface area contributed by atoms with Gasteiger partial charge in [-0.05, 0) is 17.9 Å². The van der Waals surface area contributed by atoms with Gasteiger partial charge in [0.25, 0.3) is 0 Å². The van der Waals surface area contributed by atoms with E-state index < -0.39 is 0 Å². The molecular formula is C13H19B. The van der Waals surface area contributed by atoms with E-state index in [0.29, 0.717) is 5.92 Å². The van der Waals surface area contributed by atoms with Gasteiger partial charge in [0.2, 0.25) is 0 Å². The molecule has 0 heterocycles. The van der Waals surface area contributed by atoms with E-state index in [0.717, 1.165) is 5.46 Å². The maximum absolute atomic E-state index is 5.75. The van der Waals surface area contributed by atoms with Gasteiger partial charge in [-0.1, -0.05) is 62.8 Å². The van der Waals surface area contributed by atoms with Crippen LogP contribution in [-0.2, 0) is 0 Å². The highest BCUT2D eigenvalue weighted by Crippen LogP contribution is 2.20. The van der Waals surface area contributed by atoms with Crippen LogP contribution in [0.4, 0.5) is 0 Å². The first-order valence-electron chi connectivity index (χ1n) is 5.59. The van der Waals surface area contributed by atoms with E-state index in [1.165, 1.54) is 31.2 Å². The van der Waals surface area contributed by atoms with Crippen molar-refractivity contribution in [3.8, 4) is 0 Å². The van der Waals surface area contributed by atoms with Crippen LogP contribution in [0.5, 0.6) is 0 Å². The Morgan fingerprint density at radius 1 is 1.29 bits per heavy atom. The average Bonchev–Trinajstić information content (AvgIpc) is 2.18. The lowest BCUT2D eigenvalue weighted by molar-refractivity contribution is 0.598. The Balaban J connectivity index is 2.47. The average molecular weight is 186 g/mol. The first-order valence-corrected chi connectivity index (χ1v) is 5.59. The largest absolute Gasteiger partial charge is 0.113 e. The third-order valence-electron chi connectivity index (χ3n) is 2.72. The topological polar surface area (TPSA) is 0 Å². The second-order valence-electron chi connectivity index (χ2n) is 4.07. The SMILES string of the molecule is [B]c1cccc(C(C)CCCCC)c1. The van der Waals surface area contributed by atoms with Gasteiger partial charge in [-0.3, -0.25) is 0 Å². The van der Waals surface area contributed by atoms with Crippen LogP contribution < -0.4 is 5.46 Å². The molecule has 1 heteroatoms. The summed E-state index contributed by atoms with van der Waals surface area (Å²) < 4.78 is 0. The van der Waals surface area contributed by atoms with Crippen LogP contribution in [0.1, 0.15) is 51.0 Å². The fourth-order valence-electron chi connectivity index (χ4n) is 1.73. The van der Waals surface area contributed by atoms with Gasteiger partial charge in [-0.15, -0.1) is 0 Å². The van der Waals surface area contributed by atoms with Crippen molar-refractivity contribution in [1.29, 1.82) is 0 Å². The van der Waals surface area contributed by atoms with Crippen LogP contribution in [0.2, 0.25) is 0 Å².